The second kappa shape index (κ2) is 7.26. The number of carbonyl (C=O) groups excluding carboxylic acids is 1. The number of hydrogen-bond acceptors (Lipinski definition) is 3. The van der Waals surface area contributed by atoms with Crippen LogP contribution in [-0.4, -0.2) is 42.2 Å². The normalized spacial score (nSPS) is 17.3. The molecule has 104 valence electrons. The first-order valence-electron chi connectivity index (χ1n) is 6.98. The van der Waals surface area contributed by atoms with Gasteiger partial charge in [-0.3, -0.25) is 4.79 Å². The maximum atomic E-state index is 12.1. The predicted molar refractivity (Wildman–Crippen MR) is 75.9 cm³/mol. The molecule has 1 aliphatic heterocycles. The van der Waals surface area contributed by atoms with Gasteiger partial charge in [0.1, 0.15) is 0 Å². The Morgan fingerprint density at radius 2 is 1.95 bits per heavy atom. The molecule has 0 unspecified atom stereocenters. The molecule has 1 aromatic rings. The number of para-hydroxylation sites is 1. The maximum Gasteiger partial charge on any atom is 0.227 e. The van der Waals surface area contributed by atoms with Crippen molar-refractivity contribution in [3.63, 3.8) is 0 Å². The highest BCUT2D eigenvalue weighted by Gasteiger charge is 2.24. The van der Waals surface area contributed by atoms with E-state index in [1.807, 2.05) is 30.3 Å². The summed E-state index contributed by atoms with van der Waals surface area (Å²) in [6.45, 7) is 3.08. The van der Waals surface area contributed by atoms with E-state index in [0.717, 1.165) is 44.6 Å². The summed E-state index contributed by atoms with van der Waals surface area (Å²) in [6, 6.07) is 9.61. The van der Waals surface area contributed by atoms with Crippen molar-refractivity contribution in [2.45, 2.75) is 19.3 Å². The molecule has 1 heterocycles. The Bertz CT molecular complexity index is 386. The lowest BCUT2D eigenvalue weighted by Gasteiger charge is -2.31. The number of aliphatic hydroxyl groups excluding tert-OH is 1. The van der Waals surface area contributed by atoms with E-state index in [-0.39, 0.29) is 18.4 Å². The first-order valence-corrected chi connectivity index (χ1v) is 6.98. The van der Waals surface area contributed by atoms with E-state index >= 15 is 0 Å². The van der Waals surface area contributed by atoms with E-state index < -0.39 is 0 Å². The van der Waals surface area contributed by atoms with Gasteiger partial charge in [-0.15, -0.1) is 0 Å². The first kappa shape index (κ1) is 14.0. The SMILES string of the molecule is O=C(Nc1ccccc1)C1CCN(CCCO)CC1. The van der Waals surface area contributed by atoms with Crippen molar-refractivity contribution in [3.8, 4) is 0 Å². The number of piperidine rings is 1. The lowest BCUT2D eigenvalue weighted by Crippen LogP contribution is -2.38. The average molecular weight is 262 g/mol. The van der Waals surface area contributed by atoms with Crippen molar-refractivity contribution in [2.24, 2.45) is 5.92 Å². The third-order valence-electron chi connectivity index (χ3n) is 3.63. The van der Waals surface area contributed by atoms with Crippen LogP contribution in [0.4, 0.5) is 5.69 Å². The minimum absolute atomic E-state index is 0.116. The van der Waals surface area contributed by atoms with E-state index in [4.69, 9.17) is 5.11 Å². The molecular weight excluding hydrogens is 240 g/mol. The fraction of sp³-hybridized carbons (Fsp3) is 0.533. The van der Waals surface area contributed by atoms with Gasteiger partial charge in [0.05, 0.1) is 0 Å². The average Bonchev–Trinajstić information content (AvgIpc) is 2.46. The number of anilines is 1. The highest BCUT2D eigenvalue weighted by atomic mass is 16.3. The molecule has 0 saturated carbocycles. The molecular formula is C15H22N2O2. The lowest BCUT2D eigenvalue weighted by molar-refractivity contribution is -0.121. The molecule has 0 atom stereocenters. The quantitative estimate of drug-likeness (QED) is 0.849. The Hall–Kier alpha value is -1.39. The maximum absolute atomic E-state index is 12.1. The summed E-state index contributed by atoms with van der Waals surface area (Å²) in [6.07, 6.45) is 2.63. The van der Waals surface area contributed by atoms with Crippen molar-refractivity contribution in [1.29, 1.82) is 0 Å². The molecule has 1 aliphatic rings. The third-order valence-corrected chi connectivity index (χ3v) is 3.63. The Kier molecular flexibility index (Phi) is 5.36. The van der Waals surface area contributed by atoms with Gasteiger partial charge in [-0.1, -0.05) is 18.2 Å². The van der Waals surface area contributed by atoms with Crippen LogP contribution < -0.4 is 5.32 Å². The van der Waals surface area contributed by atoms with Gasteiger partial charge in [-0.05, 0) is 44.5 Å². The van der Waals surface area contributed by atoms with E-state index in [1.54, 1.807) is 0 Å². The fourth-order valence-electron chi connectivity index (χ4n) is 2.48. The molecule has 0 aliphatic carbocycles. The zero-order chi connectivity index (χ0) is 13.5. The first-order chi connectivity index (χ1) is 9.29. The highest BCUT2D eigenvalue weighted by Crippen LogP contribution is 2.19. The predicted octanol–water partition coefficient (Wildman–Crippen LogP) is 1.72. The summed E-state index contributed by atoms with van der Waals surface area (Å²) in [7, 11) is 0. The number of benzene rings is 1. The summed E-state index contributed by atoms with van der Waals surface area (Å²) in [5.74, 6) is 0.249. The highest BCUT2D eigenvalue weighted by molar-refractivity contribution is 5.92. The van der Waals surface area contributed by atoms with Crippen molar-refractivity contribution in [1.82, 2.24) is 4.90 Å². The van der Waals surface area contributed by atoms with Crippen LogP contribution in [0.2, 0.25) is 0 Å². The van der Waals surface area contributed by atoms with Crippen molar-refractivity contribution in [2.75, 3.05) is 31.6 Å². The van der Waals surface area contributed by atoms with Crippen LogP contribution in [0.1, 0.15) is 19.3 Å². The molecule has 0 radical (unpaired) electrons. The van der Waals surface area contributed by atoms with Gasteiger partial charge in [0.2, 0.25) is 5.91 Å². The van der Waals surface area contributed by atoms with E-state index in [1.165, 1.54) is 0 Å². The van der Waals surface area contributed by atoms with Gasteiger partial charge in [-0.2, -0.15) is 0 Å². The minimum Gasteiger partial charge on any atom is -0.396 e. The molecule has 1 saturated heterocycles. The zero-order valence-electron chi connectivity index (χ0n) is 11.2. The van der Waals surface area contributed by atoms with Gasteiger partial charge in [-0.25, -0.2) is 0 Å². The summed E-state index contributed by atoms with van der Waals surface area (Å²) < 4.78 is 0. The lowest BCUT2D eigenvalue weighted by atomic mass is 9.95. The van der Waals surface area contributed by atoms with Gasteiger partial charge in [0.15, 0.2) is 0 Å². The number of likely N-dealkylation sites (tertiary alicyclic amines) is 1. The van der Waals surface area contributed by atoms with Crippen LogP contribution in [0.25, 0.3) is 0 Å². The molecule has 1 fully saturated rings. The molecule has 0 bridgehead atoms. The fourth-order valence-corrected chi connectivity index (χ4v) is 2.48. The van der Waals surface area contributed by atoms with Crippen molar-refractivity contribution >= 4 is 11.6 Å². The minimum atomic E-state index is 0.116. The van der Waals surface area contributed by atoms with Crippen LogP contribution in [0.5, 0.6) is 0 Å². The largest absolute Gasteiger partial charge is 0.396 e. The van der Waals surface area contributed by atoms with Gasteiger partial charge >= 0.3 is 0 Å². The van der Waals surface area contributed by atoms with E-state index in [0.29, 0.717) is 0 Å². The molecule has 2 N–H and O–H groups in total. The zero-order valence-corrected chi connectivity index (χ0v) is 11.2. The summed E-state index contributed by atoms with van der Waals surface area (Å²) in [5, 5.41) is 11.8. The van der Waals surface area contributed by atoms with Crippen molar-refractivity contribution < 1.29 is 9.90 Å². The Labute approximate surface area is 114 Å². The number of aliphatic hydroxyl groups is 1. The molecule has 0 aromatic heterocycles. The molecule has 19 heavy (non-hydrogen) atoms. The number of nitrogens with zero attached hydrogens (tertiary/aromatic N) is 1. The molecule has 1 aromatic carbocycles. The van der Waals surface area contributed by atoms with Crippen LogP contribution in [0.3, 0.4) is 0 Å². The standard InChI is InChI=1S/C15H22N2O2/c18-12-4-9-17-10-7-13(8-11-17)15(19)16-14-5-2-1-3-6-14/h1-3,5-6,13,18H,4,7-12H2,(H,16,19). The molecule has 4 heteroatoms. The van der Waals surface area contributed by atoms with Crippen LogP contribution in [0.15, 0.2) is 30.3 Å². The number of rotatable bonds is 5. The van der Waals surface area contributed by atoms with E-state index in [9.17, 15) is 4.79 Å². The number of nitrogens with one attached hydrogen (secondary N) is 1. The number of amides is 1. The summed E-state index contributed by atoms with van der Waals surface area (Å²) in [4.78, 5) is 14.4. The van der Waals surface area contributed by atoms with Crippen LogP contribution >= 0.6 is 0 Å². The van der Waals surface area contributed by atoms with E-state index in [2.05, 4.69) is 10.2 Å². The van der Waals surface area contributed by atoms with Gasteiger partial charge < -0.3 is 15.3 Å². The van der Waals surface area contributed by atoms with Crippen LogP contribution in [-0.2, 0) is 4.79 Å². The molecule has 4 nitrogen and oxygen atoms in total. The topological polar surface area (TPSA) is 52.6 Å². The smallest absolute Gasteiger partial charge is 0.227 e. The Balaban J connectivity index is 1.76. The summed E-state index contributed by atoms with van der Waals surface area (Å²) in [5.41, 5.74) is 0.871. The molecule has 1 amide bonds. The third kappa shape index (κ3) is 4.33. The summed E-state index contributed by atoms with van der Waals surface area (Å²) >= 11 is 0. The monoisotopic (exact) mass is 262 g/mol. The van der Waals surface area contributed by atoms with Gasteiger partial charge in [0, 0.05) is 24.8 Å². The van der Waals surface area contributed by atoms with Crippen LogP contribution in [0, 0.1) is 5.92 Å². The van der Waals surface area contributed by atoms with Gasteiger partial charge in [0.25, 0.3) is 0 Å². The second-order valence-corrected chi connectivity index (χ2v) is 5.05. The second-order valence-electron chi connectivity index (χ2n) is 5.05. The Morgan fingerprint density at radius 3 is 2.58 bits per heavy atom. The number of hydrogen-bond donors (Lipinski definition) is 2. The van der Waals surface area contributed by atoms with Crippen molar-refractivity contribution in [3.05, 3.63) is 30.3 Å². The number of carbonyl (C=O) groups is 1. The molecule has 0 spiro atoms. The molecule has 2 rings (SSSR count). The Morgan fingerprint density at radius 1 is 1.26 bits per heavy atom.